The number of nitrogens with zero attached hydrogens (tertiary/aromatic N) is 3. The summed E-state index contributed by atoms with van der Waals surface area (Å²) in [6.45, 7) is 2.11. The molecule has 18 heavy (non-hydrogen) atoms. The van der Waals surface area contributed by atoms with Crippen molar-refractivity contribution < 1.29 is 0 Å². The molecular weight excluding hydrogens is 289 g/mol. The average Bonchev–Trinajstić information content (AvgIpc) is 2.80. The van der Waals surface area contributed by atoms with Crippen LogP contribution in [0.1, 0.15) is 36.5 Å². The Morgan fingerprint density at radius 3 is 2.94 bits per heavy atom. The molecule has 2 aromatic rings. The van der Waals surface area contributed by atoms with Gasteiger partial charge in [0, 0.05) is 18.0 Å². The summed E-state index contributed by atoms with van der Waals surface area (Å²) in [6.07, 6.45) is 6.44. The number of alkyl halides is 1. The third-order valence-corrected chi connectivity index (χ3v) is 4.83. The summed E-state index contributed by atoms with van der Waals surface area (Å²) < 4.78 is 1.87. The highest BCUT2D eigenvalue weighted by molar-refractivity contribution is 7.09. The Kier molecular flexibility index (Phi) is 3.12. The minimum absolute atomic E-state index is 0.160. The van der Waals surface area contributed by atoms with Gasteiger partial charge in [-0.2, -0.15) is 5.10 Å². The van der Waals surface area contributed by atoms with Crippen LogP contribution in [-0.4, -0.2) is 14.8 Å². The van der Waals surface area contributed by atoms with E-state index in [0.29, 0.717) is 5.02 Å². The minimum atomic E-state index is -0.160. The fourth-order valence-electron chi connectivity index (χ4n) is 1.88. The van der Waals surface area contributed by atoms with Crippen molar-refractivity contribution in [2.45, 2.75) is 37.1 Å². The molecule has 96 valence electrons. The van der Waals surface area contributed by atoms with Crippen LogP contribution in [0, 0.1) is 0 Å². The molecule has 1 aliphatic rings. The van der Waals surface area contributed by atoms with Crippen molar-refractivity contribution in [1.29, 1.82) is 0 Å². The van der Waals surface area contributed by atoms with Crippen molar-refractivity contribution in [3.63, 3.8) is 0 Å². The number of rotatable bonds is 4. The largest absolute Gasteiger partial charge is 0.268 e. The molecule has 0 N–H and O–H groups in total. The quantitative estimate of drug-likeness (QED) is 0.798. The standard InChI is InChI=1S/C12H13Cl2N3S/c1-8(17-6-9(13)5-15-17)4-11-16-10(7-18-11)12(14)2-3-12/h5-8H,2-4H2,1H3. The lowest BCUT2D eigenvalue weighted by molar-refractivity contribution is 0.487. The Morgan fingerprint density at radius 1 is 1.56 bits per heavy atom. The Morgan fingerprint density at radius 2 is 2.33 bits per heavy atom. The number of hydrogen-bond donors (Lipinski definition) is 0. The fourth-order valence-corrected chi connectivity index (χ4v) is 3.29. The van der Waals surface area contributed by atoms with Crippen LogP contribution in [0.15, 0.2) is 17.8 Å². The van der Waals surface area contributed by atoms with E-state index in [1.54, 1.807) is 17.5 Å². The van der Waals surface area contributed by atoms with Crippen LogP contribution >= 0.6 is 34.5 Å². The van der Waals surface area contributed by atoms with Crippen LogP contribution in [-0.2, 0) is 11.3 Å². The monoisotopic (exact) mass is 301 g/mol. The highest BCUT2D eigenvalue weighted by Gasteiger charge is 2.44. The van der Waals surface area contributed by atoms with E-state index >= 15 is 0 Å². The maximum Gasteiger partial charge on any atom is 0.0950 e. The fraction of sp³-hybridized carbons (Fsp3) is 0.500. The molecular formula is C12H13Cl2N3S. The first-order valence-corrected chi connectivity index (χ1v) is 7.54. The number of aromatic nitrogens is 3. The number of halogens is 2. The third kappa shape index (κ3) is 2.42. The Labute approximate surface area is 120 Å². The predicted octanol–water partition coefficient (Wildman–Crippen LogP) is 4.02. The van der Waals surface area contributed by atoms with E-state index in [0.717, 1.165) is 30.0 Å². The summed E-state index contributed by atoms with van der Waals surface area (Å²) in [6, 6.07) is 0.252. The molecule has 0 aromatic carbocycles. The summed E-state index contributed by atoms with van der Waals surface area (Å²) >= 11 is 13.9. The number of thiazole rings is 1. The second-order valence-corrected chi connectivity index (χ2v) is 6.89. The van der Waals surface area contributed by atoms with Gasteiger partial charge in [0.15, 0.2) is 0 Å². The van der Waals surface area contributed by atoms with Gasteiger partial charge in [-0.3, -0.25) is 4.68 Å². The Balaban J connectivity index is 1.71. The van der Waals surface area contributed by atoms with Gasteiger partial charge in [0.05, 0.1) is 32.8 Å². The summed E-state index contributed by atoms with van der Waals surface area (Å²) in [5.74, 6) is 0. The van der Waals surface area contributed by atoms with Crippen LogP contribution in [0.25, 0.3) is 0 Å². The lowest BCUT2D eigenvalue weighted by atomic mass is 10.2. The highest BCUT2D eigenvalue weighted by atomic mass is 35.5. The van der Waals surface area contributed by atoms with Gasteiger partial charge >= 0.3 is 0 Å². The molecule has 1 fully saturated rings. The lowest BCUT2D eigenvalue weighted by Gasteiger charge is -2.09. The van der Waals surface area contributed by atoms with Gasteiger partial charge in [0.2, 0.25) is 0 Å². The Bertz CT molecular complexity index is 559. The topological polar surface area (TPSA) is 30.7 Å². The van der Waals surface area contributed by atoms with Gasteiger partial charge in [-0.1, -0.05) is 11.6 Å². The normalized spacial score (nSPS) is 18.8. The molecule has 0 saturated heterocycles. The molecule has 1 saturated carbocycles. The second kappa shape index (κ2) is 4.51. The first-order chi connectivity index (χ1) is 8.57. The molecule has 1 unspecified atom stereocenters. The van der Waals surface area contributed by atoms with Crippen molar-refractivity contribution in [3.8, 4) is 0 Å². The van der Waals surface area contributed by atoms with Gasteiger partial charge < -0.3 is 0 Å². The molecule has 2 heterocycles. The third-order valence-electron chi connectivity index (χ3n) is 3.19. The van der Waals surface area contributed by atoms with Gasteiger partial charge in [0.1, 0.15) is 0 Å². The highest BCUT2D eigenvalue weighted by Crippen LogP contribution is 2.51. The van der Waals surface area contributed by atoms with Crippen molar-refractivity contribution in [2.75, 3.05) is 0 Å². The molecule has 1 atom stereocenters. The molecule has 0 spiro atoms. The van der Waals surface area contributed by atoms with Crippen LogP contribution in [0.5, 0.6) is 0 Å². The van der Waals surface area contributed by atoms with Crippen LogP contribution in [0.4, 0.5) is 0 Å². The lowest BCUT2D eigenvalue weighted by Crippen LogP contribution is -2.08. The molecule has 6 heteroatoms. The first kappa shape index (κ1) is 12.5. The maximum atomic E-state index is 6.35. The zero-order chi connectivity index (χ0) is 12.8. The molecule has 0 aliphatic heterocycles. The van der Waals surface area contributed by atoms with E-state index in [1.165, 1.54) is 0 Å². The average molecular weight is 302 g/mol. The second-order valence-electron chi connectivity index (χ2n) is 4.78. The van der Waals surface area contributed by atoms with E-state index in [2.05, 4.69) is 22.4 Å². The first-order valence-electron chi connectivity index (χ1n) is 5.90. The van der Waals surface area contributed by atoms with E-state index in [1.807, 2.05) is 10.9 Å². The zero-order valence-electron chi connectivity index (χ0n) is 9.94. The summed E-state index contributed by atoms with van der Waals surface area (Å²) in [7, 11) is 0. The predicted molar refractivity (Wildman–Crippen MR) is 74.5 cm³/mol. The molecule has 0 amide bonds. The summed E-state index contributed by atoms with van der Waals surface area (Å²) in [5, 5.41) is 8.07. The van der Waals surface area contributed by atoms with Crippen LogP contribution in [0.2, 0.25) is 5.02 Å². The molecule has 3 rings (SSSR count). The van der Waals surface area contributed by atoms with Gasteiger partial charge in [0.25, 0.3) is 0 Å². The van der Waals surface area contributed by atoms with Crippen molar-refractivity contribution in [3.05, 3.63) is 33.5 Å². The summed E-state index contributed by atoms with van der Waals surface area (Å²) in [4.78, 5) is 4.47. The molecule has 2 aromatic heterocycles. The molecule has 0 bridgehead atoms. The minimum Gasteiger partial charge on any atom is -0.268 e. The van der Waals surface area contributed by atoms with E-state index in [4.69, 9.17) is 23.2 Å². The number of hydrogen-bond acceptors (Lipinski definition) is 3. The van der Waals surface area contributed by atoms with Crippen LogP contribution < -0.4 is 0 Å². The van der Waals surface area contributed by atoms with Crippen molar-refractivity contribution >= 4 is 34.5 Å². The Hall–Kier alpha value is -0.580. The van der Waals surface area contributed by atoms with Crippen molar-refractivity contribution in [1.82, 2.24) is 14.8 Å². The van der Waals surface area contributed by atoms with E-state index in [9.17, 15) is 0 Å². The maximum absolute atomic E-state index is 6.35. The van der Waals surface area contributed by atoms with E-state index < -0.39 is 0 Å². The van der Waals surface area contributed by atoms with E-state index in [-0.39, 0.29) is 10.9 Å². The molecule has 0 radical (unpaired) electrons. The van der Waals surface area contributed by atoms with Gasteiger partial charge in [-0.25, -0.2) is 4.98 Å². The molecule has 1 aliphatic carbocycles. The van der Waals surface area contributed by atoms with Gasteiger partial charge in [-0.05, 0) is 19.8 Å². The smallest absolute Gasteiger partial charge is 0.0950 e. The zero-order valence-corrected chi connectivity index (χ0v) is 12.3. The molecule has 3 nitrogen and oxygen atoms in total. The van der Waals surface area contributed by atoms with Crippen LogP contribution in [0.3, 0.4) is 0 Å². The van der Waals surface area contributed by atoms with Crippen molar-refractivity contribution in [2.24, 2.45) is 0 Å². The SMILES string of the molecule is CC(Cc1nc(C2(Cl)CC2)cs1)n1cc(Cl)cn1. The summed E-state index contributed by atoms with van der Waals surface area (Å²) in [5.41, 5.74) is 1.04. The van der Waals surface area contributed by atoms with Gasteiger partial charge in [-0.15, -0.1) is 22.9 Å².